The number of hydrogen-bond donors (Lipinski definition) is 1. The Kier molecular flexibility index (Phi) is 4.27. The number of ether oxygens (including phenoxy) is 1. The van der Waals surface area contributed by atoms with Crippen molar-refractivity contribution in [3.8, 4) is 11.6 Å². The molecule has 0 saturated heterocycles. The summed E-state index contributed by atoms with van der Waals surface area (Å²) in [5.74, 6) is 1.64. The highest BCUT2D eigenvalue weighted by Crippen LogP contribution is 2.30. The summed E-state index contributed by atoms with van der Waals surface area (Å²) in [5.41, 5.74) is 3.16. The maximum atomic E-state index is 6.04. The van der Waals surface area contributed by atoms with E-state index in [9.17, 15) is 0 Å². The lowest BCUT2D eigenvalue weighted by Crippen LogP contribution is -2.07. The van der Waals surface area contributed by atoms with Crippen molar-refractivity contribution >= 4 is 15.9 Å². The van der Waals surface area contributed by atoms with E-state index in [1.165, 1.54) is 0 Å². The molecule has 0 aliphatic rings. The summed E-state index contributed by atoms with van der Waals surface area (Å²) in [7, 11) is 3.82. The smallest absolute Gasteiger partial charge is 0.222 e. The molecule has 1 aromatic heterocycles. The van der Waals surface area contributed by atoms with Crippen molar-refractivity contribution in [2.45, 2.75) is 20.4 Å². The standard InChI is InChI=1S/C14H18BrN3O/c1-9-7-11(15)5-6-13(9)19-14-12(8-16-3)10(2)17-18(14)4/h5-7,16H,8H2,1-4H3. The van der Waals surface area contributed by atoms with Gasteiger partial charge in [-0.1, -0.05) is 15.9 Å². The van der Waals surface area contributed by atoms with Crippen LogP contribution in [0.3, 0.4) is 0 Å². The fourth-order valence-electron chi connectivity index (χ4n) is 2.02. The second-order valence-electron chi connectivity index (χ2n) is 4.53. The van der Waals surface area contributed by atoms with Crippen LogP contribution in [0.4, 0.5) is 0 Å². The number of benzene rings is 1. The molecule has 0 unspecified atom stereocenters. The lowest BCUT2D eigenvalue weighted by atomic mass is 10.2. The summed E-state index contributed by atoms with van der Waals surface area (Å²) >= 11 is 3.46. The Labute approximate surface area is 121 Å². The van der Waals surface area contributed by atoms with Crippen molar-refractivity contribution in [1.82, 2.24) is 15.1 Å². The Morgan fingerprint density at radius 3 is 2.74 bits per heavy atom. The van der Waals surface area contributed by atoms with Crippen LogP contribution < -0.4 is 10.1 Å². The monoisotopic (exact) mass is 323 g/mol. The van der Waals surface area contributed by atoms with Crippen LogP contribution >= 0.6 is 15.9 Å². The first kappa shape index (κ1) is 14.1. The third kappa shape index (κ3) is 2.98. The van der Waals surface area contributed by atoms with E-state index in [1.54, 1.807) is 4.68 Å². The van der Waals surface area contributed by atoms with E-state index in [-0.39, 0.29) is 0 Å². The molecule has 4 nitrogen and oxygen atoms in total. The molecule has 0 aliphatic heterocycles. The van der Waals surface area contributed by atoms with Crippen LogP contribution in [0.25, 0.3) is 0 Å². The van der Waals surface area contributed by atoms with Crippen molar-refractivity contribution < 1.29 is 4.74 Å². The van der Waals surface area contributed by atoms with Crippen molar-refractivity contribution in [1.29, 1.82) is 0 Å². The van der Waals surface area contributed by atoms with E-state index < -0.39 is 0 Å². The number of hydrogen-bond acceptors (Lipinski definition) is 3. The van der Waals surface area contributed by atoms with Gasteiger partial charge in [-0.2, -0.15) is 5.10 Å². The molecule has 19 heavy (non-hydrogen) atoms. The molecule has 2 rings (SSSR count). The number of aromatic nitrogens is 2. The van der Waals surface area contributed by atoms with Crippen molar-refractivity contribution in [3.63, 3.8) is 0 Å². The lowest BCUT2D eigenvalue weighted by molar-refractivity contribution is 0.422. The first-order valence-electron chi connectivity index (χ1n) is 6.14. The number of rotatable bonds is 4. The lowest BCUT2D eigenvalue weighted by Gasteiger charge is -2.11. The van der Waals surface area contributed by atoms with Crippen LogP contribution in [0, 0.1) is 13.8 Å². The van der Waals surface area contributed by atoms with E-state index in [4.69, 9.17) is 4.74 Å². The van der Waals surface area contributed by atoms with Gasteiger partial charge in [0.05, 0.1) is 11.3 Å². The third-order valence-corrected chi connectivity index (χ3v) is 3.48. The van der Waals surface area contributed by atoms with Gasteiger partial charge in [-0.25, -0.2) is 4.68 Å². The predicted molar refractivity (Wildman–Crippen MR) is 79.7 cm³/mol. The molecule has 5 heteroatoms. The Morgan fingerprint density at radius 2 is 2.11 bits per heavy atom. The topological polar surface area (TPSA) is 39.1 Å². The summed E-state index contributed by atoms with van der Waals surface area (Å²) in [6, 6.07) is 5.98. The number of halogens is 1. The predicted octanol–water partition coefficient (Wildman–Crippen LogP) is 3.31. The minimum Gasteiger partial charge on any atom is -0.439 e. The van der Waals surface area contributed by atoms with Crippen molar-refractivity contribution in [3.05, 3.63) is 39.5 Å². The van der Waals surface area contributed by atoms with E-state index >= 15 is 0 Å². The summed E-state index contributed by atoms with van der Waals surface area (Å²) in [4.78, 5) is 0. The van der Waals surface area contributed by atoms with Gasteiger partial charge in [0.15, 0.2) is 0 Å². The van der Waals surface area contributed by atoms with Crippen LogP contribution in [0.15, 0.2) is 22.7 Å². The molecule has 0 bridgehead atoms. The Bertz CT molecular complexity index is 593. The van der Waals surface area contributed by atoms with Gasteiger partial charge in [0, 0.05) is 18.1 Å². The number of nitrogens with zero attached hydrogens (tertiary/aromatic N) is 2. The molecular weight excluding hydrogens is 306 g/mol. The van der Waals surface area contributed by atoms with Gasteiger partial charge < -0.3 is 10.1 Å². The summed E-state index contributed by atoms with van der Waals surface area (Å²) in [6.07, 6.45) is 0. The zero-order chi connectivity index (χ0) is 14.0. The minimum absolute atomic E-state index is 0.741. The molecule has 2 aromatic rings. The normalized spacial score (nSPS) is 10.8. The molecular formula is C14H18BrN3O. The zero-order valence-electron chi connectivity index (χ0n) is 11.6. The Hall–Kier alpha value is -1.33. The van der Waals surface area contributed by atoms with Gasteiger partial charge in [0.1, 0.15) is 5.75 Å². The summed E-state index contributed by atoms with van der Waals surface area (Å²) in [5, 5.41) is 7.56. The molecule has 1 heterocycles. The molecule has 0 saturated carbocycles. The van der Waals surface area contributed by atoms with Gasteiger partial charge in [0.25, 0.3) is 0 Å². The molecule has 0 aliphatic carbocycles. The molecule has 1 aromatic carbocycles. The number of nitrogens with one attached hydrogen (secondary N) is 1. The molecule has 0 radical (unpaired) electrons. The average Bonchev–Trinajstić information content (AvgIpc) is 2.60. The molecule has 1 N–H and O–H groups in total. The third-order valence-electron chi connectivity index (χ3n) is 2.99. The van der Waals surface area contributed by atoms with Crippen LogP contribution in [0.5, 0.6) is 11.6 Å². The SMILES string of the molecule is CNCc1c(C)nn(C)c1Oc1ccc(Br)cc1C. The fourth-order valence-corrected chi connectivity index (χ4v) is 2.50. The Morgan fingerprint density at radius 1 is 1.37 bits per heavy atom. The highest BCUT2D eigenvalue weighted by molar-refractivity contribution is 9.10. The fraction of sp³-hybridized carbons (Fsp3) is 0.357. The van der Waals surface area contributed by atoms with E-state index in [0.29, 0.717) is 0 Å². The van der Waals surface area contributed by atoms with E-state index in [0.717, 1.165) is 39.5 Å². The van der Waals surface area contributed by atoms with Crippen molar-refractivity contribution in [2.24, 2.45) is 7.05 Å². The minimum atomic E-state index is 0.741. The molecule has 0 spiro atoms. The van der Waals surface area contributed by atoms with E-state index in [1.807, 2.05) is 46.1 Å². The molecule has 0 fully saturated rings. The largest absolute Gasteiger partial charge is 0.439 e. The van der Waals surface area contributed by atoms with Gasteiger partial charge in [0.2, 0.25) is 5.88 Å². The maximum absolute atomic E-state index is 6.04. The van der Waals surface area contributed by atoms with Crippen LogP contribution in [0.1, 0.15) is 16.8 Å². The van der Waals surface area contributed by atoms with Crippen LogP contribution in [-0.2, 0) is 13.6 Å². The van der Waals surface area contributed by atoms with Gasteiger partial charge in [-0.05, 0) is 44.7 Å². The molecule has 102 valence electrons. The molecule has 0 amide bonds. The molecule has 0 atom stereocenters. The summed E-state index contributed by atoms with van der Waals surface area (Å²) < 4.78 is 8.87. The number of aryl methyl sites for hydroxylation is 3. The first-order valence-corrected chi connectivity index (χ1v) is 6.93. The zero-order valence-corrected chi connectivity index (χ0v) is 13.2. The highest BCUT2D eigenvalue weighted by Gasteiger charge is 2.15. The second-order valence-corrected chi connectivity index (χ2v) is 5.45. The average molecular weight is 324 g/mol. The quantitative estimate of drug-likeness (QED) is 0.938. The van der Waals surface area contributed by atoms with E-state index in [2.05, 4.69) is 26.3 Å². The van der Waals surface area contributed by atoms with Gasteiger partial charge in [-0.3, -0.25) is 0 Å². The van der Waals surface area contributed by atoms with Crippen molar-refractivity contribution in [2.75, 3.05) is 7.05 Å². The Balaban J connectivity index is 2.37. The second kappa shape index (κ2) is 5.75. The van der Waals surface area contributed by atoms with Crippen LogP contribution in [-0.4, -0.2) is 16.8 Å². The highest BCUT2D eigenvalue weighted by atomic mass is 79.9. The van der Waals surface area contributed by atoms with Gasteiger partial charge in [-0.15, -0.1) is 0 Å². The summed E-state index contributed by atoms with van der Waals surface area (Å²) in [6.45, 7) is 4.76. The first-order chi connectivity index (χ1) is 9.02. The van der Waals surface area contributed by atoms with Gasteiger partial charge >= 0.3 is 0 Å². The maximum Gasteiger partial charge on any atom is 0.222 e. The van der Waals surface area contributed by atoms with Crippen LogP contribution in [0.2, 0.25) is 0 Å².